The first-order valence-corrected chi connectivity index (χ1v) is 12.4. The van der Waals surface area contributed by atoms with E-state index in [4.69, 9.17) is 4.74 Å². The summed E-state index contributed by atoms with van der Waals surface area (Å²) in [6, 6.07) is 20.0. The maximum Gasteiger partial charge on any atom is 0.251 e. The lowest BCUT2D eigenvalue weighted by Crippen LogP contribution is -2.68. The zero-order valence-corrected chi connectivity index (χ0v) is 19.4. The van der Waals surface area contributed by atoms with Crippen molar-refractivity contribution in [3.05, 3.63) is 78.1 Å². The molecule has 176 valence electrons. The van der Waals surface area contributed by atoms with Crippen LogP contribution in [0.1, 0.15) is 41.4 Å². The van der Waals surface area contributed by atoms with Crippen LogP contribution in [0.2, 0.25) is 0 Å². The number of rotatable bonds is 6. The molecule has 1 saturated carbocycles. The van der Waals surface area contributed by atoms with Gasteiger partial charge in [0.15, 0.2) is 0 Å². The molecule has 2 aromatic heterocycles. The highest BCUT2D eigenvalue weighted by atomic mass is 16.5. The molecule has 3 aliphatic rings. The predicted octanol–water partition coefficient (Wildman–Crippen LogP) is 4.49. The van der Waals surface area contributed by atoms with Crippen LogP contribution in [0.15, 0.2) is 66.9 Å². The third-order valence-electron chi connectivity index (χ3n) is 7.64. The van der Waals surface area contributed by atoms with Crippen LogP contribution in [0, 0.1) is 5.92 Å². The van der Waals surface area contributed by atoms with Crippen LogP contribution in [0.3, 0.4) is 0 Å². The number of nitrogens with zero attached hydrogens (tertiary/aromatic N) is 3. The highest BCUT2D eigenvalue weighted by molar-refractivity contribution is 6.01. The number of aromatic nitrogens is 3. The first-order chi connectivity index (χ1) is 17.2. The molecule has 35 heavy (non-hydrogen) atoms. The van der Waals surface area contributed by atoms with Gasteiger partial charge in [-0.3, -0.25) is 14.9 Å². The first kappa shape index (κ1) is 20.6. The molecule has 0 radical (unpaired) electrons. The lowest BCUT2D eigenvalue weighted by atomic mass is 9.86. The van der Waals surface area contributed by atoms with E-state index in [9.17, 15) is 4.79 Å². The number of fused-ring (bicyclic) bond motifs is 1. The number of carbonyl (C=O) groups is 1. The van der Waals surface area contributed by atoms with E-state index in [0.29, 0.717) is 11.5 Å². The second-order valence-corrected chi connectivity index (χ2v) is 10.1. The summed E-state index contributed by atoms with van der Waals surface area (Å²) in [5.74, 6) is 0.375. The van der Waals surface area contributed by atoms with Crippen molar-refractivity contribution in [3.63, 3.8) is 0 Å². The van der Waals surface area contributed by atoms with Crippen LogP contribution in [0.4, 0.5) is 5.69 Å². The van der Waals surface area contributed by atoms with E-state index in [1.165, 1.54) is 12.1 Å². The van der Waals surface area contributed by atoms with Crippen LogP contribution < -0.4 is 10.2 Å². The van der Waals surface area contributed by atoms with Gasteiger partial charge in [-0.2, -0.15) is 5.10 Å². The number of pyridine rings is 1. The molecule has 1 aliphatic carbocycles. The van der Waals surface area contributed by atoms with Gasteiger partial charge in [0.25, 0.3) is 5.91 Å². The van der Waals surface area contributed by atoms with Crippen molar-refractivity contribution in [1.29, 1.82) is 0 Å². The third kappa shape index (κ3) is 3.67. The number of nitrogens with one attached hydrogen (secondary N) is 2. The van der Waals surface area contributed by atoms with Crippen LogP contribution in [0.25, 0.3) is 22.2 Å². The summed E-state index contributed by atoms with van der Waals surface area (Å²) in [4.78, 5) is 20.1. The van der Waals surface area contributed by atoms with Gasteiger partial charge in [-0.1, -0.05) is 18.2 Å². The molecule has 2 aliphatic heterocycles. The Morgan fingerprint density at radius 2 is 1.94 bits per heavy atom. The van der Waals surface area contributed by atoms with Gasteiger partial charge in [0.2, 0.25) is 0 Å². The van der Waals surface area contributed by atoms with Gasteiger partial charge in [-0.15, -0.1) is 0 Å². The minimum absolute atomic E-state index is 0.0539. The topological polar surface area (TPSA) is 83.1 Å². The molecule has 7 nitrogen and oxygen atoms in total. The minimum Gasteiger partial charge on any atom is -0.371 e. The van der Waals surface area contributed by atoms with Crippen molar-refractivity contribution >= 4 is 22.5 Å². The summed E-state index contributed by atoms with van der Waals surface area (Å²) in [5.41, 5.74) is 5.66. The Labute approximate surface area is 203 Å². The largest absolute Gasteiger partial charge is 0.371 e. The molecule has 7 heteroatoms. The van der Waals surface area contributed by atoms with E-state index in [-0.39, 0.29) is 17.6 Å². The lowest BCUT2D eigenvalue weighted by molar-refractivity contribution is -0.160. The molecular formula is C28H27N5O2. The van der Waals surface area contributed by atoms with E-state index in [2.05, 4.69) is 49.7 Å². The normalized spacial score (nSPS) is 19.3. The average Bonchev–Trinajstić information content (AvgIpc) is 3.60. The van der Waals surface area contributed by atoms with E-state index in [1.54, 1.807) is 6.20 Å². The Hall–Kier alpha value is -3.71. The second-order valence-electron chi connectivity index (χ2n) is 10.1. The maximum atomic E-state index is 13.2. The molecule has 4 aromatic rings. The van der Waals surface area contributed by atoms with Gasteiger partial charge in [0, 0.05) is 47.9 Å². The maximum absolute atomic E-state index is 13.2. The Bertz CT molecular complexity index is 1380. The van der Waals surface area contributed by atoms with E-state index in [1.807, 2.05) is 36.4 Å². The van der Waals surface area contributed by atoms with E-state index < -0.39 is 0 Å². The number of H-pyrrole nitrogens is 1. The standard InChI is InChI=1S/C28H27N5O2/c34-27(30-26(19-4-5-19)24-3-1-2-13-29-24)20-8-11-23-22(15-20)25(32-31-23)18-6-9-21(10-7-18)33-16-28(17-33)12-14-35-28/h1-3,6-11,13,15,19,26H,4-5,12,14,16-17H2,(H,30,34)(H,31,32)/t26-/m1/s1. The molecule has 1 amide bonds. The highest BCUT2D eigenvalue weighted by Crippen LogP contribution is 2.41. The zero-order valence-electron chi connectivity index (χ0n) is 19.4. The van der Waals surface area contributed by atoms with E-state index >= 15 is 0 Å². The summed E-state index contributed by atoms with van der Waals surface area (Å²) in [7, 11) is 0. The lowest BCUT2D eigenvalue weighted by Gasteiger charge is -2.56. The van der Waals surface area contributed by atoms with Crippen molar-refractivity contribution in [3.8, 4) is 11.3 Å². The fourth-order valence-electron chi connectivity index (χ4n) is 5.32. The van der Waals surface area contributed by atoms with Crippen molar-refractivity contribution in [2.75, 3.05) is 24.6 Å². The quantitative estimate of drug-likeness (QED) is 0.439. The number of benzene rings is 2. The van der Waals surface area contributed by atoms with Crippen molar-refractivity contribution in [2.45, 2.75) is 30.9 Å². The Morgan fingerprint density at radius 1 is 1.11 bits per heavy atom. The zero-order chi connectivity index (χ0) is 23.4. The molecule has 2 N–H and O–H groups in total. The van der Waals surface area contributed by atoms with Crippen LogP contribution >= 0.6 is 0 Å². The molecule has 0 bridgehead atoms. The van der Waals surface area contributed by atoms with Gasteiger partial charge < -0.3 is 15.0 Å². The number of hydrogen-bond acceptors (Lipinski definition) is 5. The van der Waals surface area contributed by atoms with E-state index in [0.717, 1.165) is 60.4 Å². The molecule has 2 aromatic carbocycles. The molecular weight excluding hydrogens is 438 g/mol. The molecule has 4 heterocycles. The van der Waals surface area contributed by atoms with Gasteiger partial charge in [0.05, 0.1) is 29.6 Å². The smallest absolute Gasteiger partial charge is 0.251 e. The SMILES string of the molecule is O=C(N[C@@H](c1ccccn1)C1CC1)c1ccc2[nH]nc(-c3ccc(N4CC5(CCO5)C4)cc3)c2c1. The van der Waals surface area contributed by atoms with Crippen molar-refractivity contribution in [2.24, 2.45) is 5.92 Å². The number of ether oxygens (including phenoxy) is 1. The van der Waals surface area contributed by atoms with Gasteiger partial charge >= 0.3 is 0 Å². The molecule has 3 fully saturated rings. The molecule has 0 unspecified atom stereocenters. The summed E-state index contributed by atoms with van der Waals surface area (Å²) >= 11 is 0. The first-order valence-electron chi connectivity index (χ1n) is 12.4. The Morgan fingerprint density at radius 3 is 2.63 bits per heavy atom. The van der Waals surface area contributed by atoms with Crippen molar-refractivity contribution in [1.82, 2.24) is 20.5 Å². The van der Waals surface area contributed by atoms with Gasteiger partial charge in [0.1, 0.15) is 5.60 Å². The number of hydrogen-bond donors (Lipinski definition) is 2. The molecule has 7 rings (SSSR count). The van der Waals surface area contributed by atoms with Crippen LogP contribution in [-0.2, 0) is 4.74 Å². The highest BCUT2D eigenvalue weighted by Gasteiger charge is 2.49. The predicted molar refractivity (Wildman–Crippen MR) is 134 cm³/mol. The van der Waals surface area contributed by atoms with Gasteiger partial charge in [-0.05, 0) is 61.2 Å². The summed E-state index contributed by atoms with van der Waals surface area (Å²) in [6.45, 7) is 2.83. The number of amides is 1. The molecule has 1 spiro atoms. The Balaban J connectivity index is 1.12. The second kappa shape index (κ2) is 7.92. The Kier molecular flexibility index (Phi) is 4.67. The number of anilines is 1. The number of aromatic amines is 1. The fourth-order valence-corrected chi connectivity index (χ4v) is 5.32. The summed E-state index contributed by atoms with van der Waals surface area (Å²) < 4.78 is 5.74. The molecule has 2 saturated heterocycles. The monoisotopic (exact) mass is 465 g/mol. The van der Waals surface area contributed by atoms with Crippen LogP contribution in [-0.4, -0.2) is 46.4 Å². The summed E-state index contributed by atoms with van der Waals surface area (Å²) in [5, 5.41) is 11.9. The minimum atomic E-state index is -0.0816. The fraction of sp³-hybridized carbons (Fsp3) is 0.321. The summed E-state index contributed by atoms with van der Waals surface area (Å²) in [6.07, 6.45) is 5.19. The molecule has 1 atom stereocenters. The number of carbonyl (C=O) groups excluding carboxylic acids is 1. The van der Waals surface area contributed by atoms with Gasteiger partial charge in [-0.25, -0.2) is 0 Å². The van der Waals surface area contributed by atoms with Crippen molar-refractivity contribution < 1.29 is 9.53 Å². The third-order valence-corrected chi connectivity index (χ3v) is 7.64. The van der Waals surface area contributed by atoms with Crippen LogP contribution in [0.5, 0.6) is 0 Å². The average molecular weight is 466 g/mol.